The first kappa shape index (κ1) is 17.9. The molecule has 1 atom stereocenters. The topological polar surface area (TPSA) is 111 Å². The average molecular weight is 376 g/mol. The van der Waals surface area contributed by atoms with Gasteiger partial charge in [0.25, 0.3) is 5.91 Å². The Kier molecular flexibility index (Phi) is 4.43. The molecule has 0 aliphatic carbocycles. The van der Waals surface area contributed by atoms with Crippen LogP contribution in [-0.4, -0.2) is 35.0 Å². The summed E-state index contributed by atoms with van der Waals surface area (Å²) in [5, 5.41) is 14.6. The molecule has 28 heavy (non-hydrogen) atoms. The first-order valence-corrected chi connectivity index (χ1v) is 9.21. The molecule has 2 aromatic heterocycles. The van der Waals surface area contributed by atoms with Crippen LogP contribution in [0.1, 0.15) is 29.7 Å². The van der Waals surface area contributed by atoms with Crippen molar-refractivity contribution >= 4 is 17.8 Å². The van der Waals surface area contributed by atoms with Crippen molar-refractivity contribution in [1.29, 1.82) is 5.26 Å². The first-order chi connectivity index (χ1) is 13.5. The second-order valence-electron chi connectivity index (χ2n) is 7.15. The van der Waals surface area contributed by atoms with Gasteiger partial charge in [-0.2, -0.15) is 5.26 Å². The molecule has 0 saturated carbocycles. The summed E-state index contributed by atoms with van der Waals surface area (Å²) in [4.78, 5) is 35.5. The maximum absolute atomic E-state index is 12.8. The van der Waals surface area contributed by atoms with E-state index in [1.807, 2.05) is 19.1 Å². The molecular weight excluding hydrogens is 356 g/mol. The van der Waals surface area contributed by atoms with Crippen molar-refractivity contribution in [1.82, 2.24) is 20.6 Å². The normalized spacial score (nSPS) is 22.5. The molecule has 2 aliphatic heterocycles. The molecule has 0 radical (unpaired) electrons. The zero-order valence-corrected chi connectivity index (χ0v) is 15.5. The van der Waals surface area contributed by atoms with Gasteiger partial charge < -0.3 is 10.2 Å². The summed E-state index contributed by atoms with van der Waals surface area (Å²) in [6.07, 6.45) is 4.61. The zero-order valence-electron chi connectivity index (χ0n) is 15.5. The van der Waals surface area contributed by atoms with Crippen LogP contribution in [0.5, 0.6) is 0 Å². The molecule has 2 fully saturated rings. The van der Waals surface area contributed by atoms with Gasteiger partial charge in [0, 0.05) is 36.7 Å². The first-order valence-electron chi connectivity index (χ1n) is 9.21. The van der Waals surface area contributed by atoms with Gasteiger partial charge in [-0.3, -0.25) is 15.1 Å². The summed E-state index contributed by atoms with van der Waals surface area (Å²) in [6.45, 7) is 3.18. The minimum atomic E-state index is -1.12. The lowest BCUT2D eigenvalue weighted by atomic mass is 9.73. The number of aromatic nitrogens is 2. The second kappa shape index (κ2) is 6.93. The summed E-state index contributed by atoms with van der Waals surface area (Å²) in [5.41, 5.74) is 0.960. The van der Waals surface area contributed by atoms with Gasteiger partial charge in [0.2, 0.25) is 0 Å². The molecular formula is C20H20N6O2. The zero-order chi connectivity index (χ0) is 19.7. The van der Waals surface area contributed by atoms with Crippen molar-refractivity contribution in [3.8, 4) is 6.07 Å². The fraction of sp³-hybridized carbons (Fsp3) is 0.350. The minimum Gasteiger partial charge on any atom is -0.355 e. The number of amides is 3. The summed E-state index contributed by atoms with van der Waals surface area (Å²) < 4.78 is 0. The number of nitrogens with zero attached hydrogens (tertiary/aromatic N) is 4. The van der Waals surface area contributed by atoms with Crippen LogP contribution in [0.25, 0.3) is 0 Å². The summed E-state index contributed by atoms with van der Waals surface area (Å²) in [6, 6.07) is 8.91. The number of carbonyl (C=O) groups is 2. The van der Waals surface area contributed by atoms with Crippen molar-refractivity contribution in [2.45, 2.75) is 25.3 Å². The lowest BCUT2D eigenvalue weighted by molar-refractivity contribution is -0.126. The summed E-state index contributed by atoms with van der Waals surface area (Å²) >= 11 is 0. The third-order valence-corrected chi connectivity index (χ3v) is 5.55. The Morgan fingerprint density at radius 2 is 2.04 bits per heavy atom. The number of piperidine rings is 1. The van der Waals surface area contributed by atoms with Gasteiger partial charge in [0.15, 0.2) is 5.54 Å². The molecule has 142 valence electrons. The highest BCUT2D eigenvalue weighted by atomic mass is 16.2. The Morgan fingerprint density at radius 1 is 1.25 bits per heavy atom. The van der Waals surface area contributed by atoms with E-state index >= 15 is 0 Å². The molecule has 0 spiro atoms. The lowest BCUT2D eigenvalue weighted by Gasteiger charge is -2.41. The number of pyridine rings is 2. The maximum Gasteiger partial charge on any atom is 0.322 e. The molecule has 0 aromatic carbocycles. The standard InChI is InChI=1S/C20H20N6O2/c1-13-4-5-14(11-21)17(23-13)26-9-6-15(7-10-26)20(16-3-2-8-22-12-16)18(27)24-19(28)25-20/h2-5,8,12,15H,6-7,9-10H2,1H3,(H2,24,25,27,28). The number of aryl methyl sites for hydroxylation is 1. The van der Waals surface area contributed by atoms with E-state index in [4.69, 9.17) is 0 Å². The monoisotopic (exact) mass is 376 g/mol. The number of anilines is 1. The van der Waals surface area contributed by atoms with E-state index in [2.05, 4.69) is 31.6 Å². The quantitative estimate of drug-likeness (QED) is 0.788. The Morgan fingerprint density at radius 3 is 2.64 bits per heavy atom. The molecule has 2 N–H and O–H groups in total. The highest BCUT2D eigenvalue weighted by Gasteiger charge is 2.53. The fourth-order valence-corrected chi connectivity index (χ4v) is 4.19. The second-order valence-corrected chi connectivity index (χ2v) is 7.15. The van der Waals surface area contributed by atoms with Crippen LogP contribution in [0.15, 0.2) is 36.7 Å². The van der Waals surface area contributed by atoms with Crippen LogP contribution in [0.4, 0.5) is 10.6 Å². The van der Waals surface area contributed by atoms with E-state index in [0.717, 1.165) is 5.69 Å². The van der Waals surface area contributed by atoms with Crippen molar-refractivity contribution in [3.63, 3.8) is 0 Å². The SMILES string of the molecule is Cc1ccc(C#N)c(N2CCC(C3(c4cccnc4)NC(=O)NC3=O)CC2)n1. The Bertz CT molecular complexity index is 962. The summed E-state index contributed by atoms with van der Waals surface area (Å²) in [5.74, 6) is 0.251. The van der Waals surface area contributed by atoms with Gasteiger partial charge in [-0.05, 0) is 43.9 Å². The third kappa shape index (κ3) is 2.85. The molecule has 2 aliphatic rings. The Labute approximate surface area is 162 Å². The molecule has 2 saturated heterocycles. The molecule has 2 aromatic rings. The van der Waals surface area contributed by atoms with Crippen LogP contribution >= 0.6 is 0 Å². The van der Waals surface area contributed by atoms with Crippen LogP contribution in [0.2, 0.25) is 0 Å². The van der Waals surface area contributed by atoms with E-state index in [0.29, 0.717) is 42.9 Å². The van der Waals surface area contributed by atoms with E-state index in [9.17, 15) is 14.9 Å². The van der Waals surface area contributed by atoms with Crippen LogP contribution < -0.4 is 15.5 Å². The smallest absolute Gasteiger partial charge is 0.322 e. The molecule has 4 rings (SSSR count). The Balaban J connectivity index is 1.62. The van der Waals surface area contributed by atoms with Crippen LogP contribution in [0.3, 0.4) is 0 Å². The summed E-state index contributed by atoms with van der Waals surface area (Å²) in [7, 11) is 0. The van der Waals surface area contributed by atoms with Crippen molar-refractivity contribution in [3.05, 3.63) is 53.5 Å². The Hall–Kier alpha value is -3.47. The number of nitriles is 1. The highest BCUT2D eigenvalue weighted by Crippen LogP contribution is 2.39. The van der Waals surface area contributed by atoms with Crippen molar-refractivity contribution < 1.29 is 9.59 Å². The molecule has 0 bridgehead atoms. The average Bonchev–Trinajstić information content (AvgIpc) is 3.03. The number of nitrogens with one attached hydrogen (secondary N) is 2. The predicted molar refractivity (Wildman–Crippen MR) is 101 cm³/mol. The number of rotatable bonds is 3. The molecule has 8 nitrogen and oxygen atoms in total. The van der Waals surface area contributed by atoms with Crippen LogP contribution in [0, 0.1) is 24.2 Å². The number of hydrogen-bond donors (Lipinski definition) is 2. The third-order valence-electron chi connectivity index (χ3n) is 5.55. The van der Waals surface area contributed by atoms with Crippen LogP contribution in [-0.2, 0) is 10.3 Å². The molecule has 8 heteroatoms. The molecule has 4 heterocycles. The predicted octanol–water partition coefficient (Wildman–Crippen LogP) is 1.61. The van der Waals surface area contributed by atoms with Gasteiger partial charge in [0.1, 0.15) is 11.9 Å². The van der Waals surface area contributed by atoms with Gasteiger partial charge in [0.05, 0.1) is 5.56 Å². The van der Waals surface area contributed by atoms with Gasteiger partial charge in [-0.15, -0.1) is 0 Å². The number of hydrogen-bond acceptors (Lipinski definition) is 6. The molecule has 3 amide bonds. The van der Waals surface area contributed by atoms with E-state index < -0.39 is 11.6 Å². The lowest BCUT2D eigenvalue weighted by Crippen LogP contribution is -2.53. The molecule has 1 unspecified atom stereocenters. The maximum atomic E-state index is 12.8. The number of carbonyl (C=O) groups excluding carboxylic acids is 2. The minimum absolute atomic E-state index is 0.0882. The number of urea groups is 1. The van der Waals surface area contributed by atoms with Gasteiger partial charge in [-0.25, -0.2) is 9.78 Å². The van der Waals surface area contributed by atoms with Crippen molar-refractivity contribution in [2.24, 2.45) is 5.92 Å². The van der Waals surface area contributed by atoms with Gasteiger partial charge >= 0.3 is 6.03 Å². The highest BCUT2D eigenvalue weighted by molar-refractivity contribution is 6.07. The van der Waals surface area contributed by atoms with E-state index in [1.165, 1.54) is 0 Å². The fourth-order valence-electron chi connectivity index (χ4n) is 4.19. The van der Waals surface area contributed by atoms with E-state index in [-0.39, 0.29) is 11.8 Å². The largest absolute Gasteiger partial charge is 0.355 e. The van der Waals surface area contributed by atoms with E-state index in [1.54, 1.807) is 24.5 Å². The van der Waals surface area contributed by atoms with Crippen molar-refractivity contribution in [2.75, 3.05) is 18.0 Å². The number of imide groups is 1. The van der Waals surface area contributed by atoms with Gasteiger partial charge in [-0.1, -0.05) is 6.07 Å².